The van der Waals surface area contributed by atoms with Crippen LogP contribution in [0, 0.1) is 0 Å². The van der Waals surface area contributed by atoms with Gasteiger partial charge in [0.2, 0.25) is 0 Å². The molecule has 1 saturated heterocycles. The fraction of sp³-hybridized carbons (Fsp3) is 0.455. The molecule has 0 N–H and O–H groups in total. The SMILES string of the molecule is CN(C)CC1CN(Cc2ccccc2)CCN(Cc2ccccc2)CCN1Cc1ccccc1.[2H]C.[2H]C.[2H]C. The number of nitrogens with zero attached hydrogens (tertiary/aromatic N) is 4. The predicted molar refractivity (Wildman–Crippen MR) is 163 cm³/mol. The fourth-order valence-corrected chi connectivity index (χ4v) is 4.96. The van der Waals surface area contributed by atoms with Crippen molar-refractivity contribution in [3.8, 4) is 0 Å². The molecule has 0 amide bonds. The summed E-state index contributed by atoms with van der Waals surface area (Å²) in [4.78, 5) is 10.4. The van der Waals surface area contributed by atoms with Crippen LogP contribution in [0.2, 0.25) is 0 Å². The van der Waals surface area contributed by atoms with E-state index < -0.39 is 0 Å². The molecule has 1 heterocycles. The van der Waals surface area contributed by atoms with Crippen molar-refractivity contribution in [2.24, 2.45) is 0 Å². The first-order chi connectivity index (χ1) is 19.7. The minimum atomic E-state index is 0.482. The highest BCUT2D eigenvalue weighted by molar-refractivity contribution is 5.17. The summed E-state index contributed by atoms with van der Waals surface area (Å²) in [6.07, 6.45) is 0. The normalized spacial score (nSPS) is 18.0. The van der Waals surface area contributed by atoms with E-state index in [0.29, 0.717) is 6.04 Å². The van der Waals surface area contributed by atoms with Crippen LogP contribution >= 0.6 is 0 Å². The van der Waals surface area contributed by atoms with E-state index in [9.17, 15) is 0 Å². The first-order valence-electron chi connectivity index (χ1n) is 15.6. The van der Waals surface area contributed by atoms with E-state index in [1.165, 1.54) is 38.9 Å². The van der Waals surface area contributed by atoms with Gasteiger partial charge in [-0.1, -0.05) is 113 Å². The molecule has 3 aromatic carbocycles. The van der Waals surface area contributed by atoms with Crippen molar-refractivity contribution >= 4 is 0 Å². The zero-order valence-corrected chi connectivity index (χ0v) is 23.9. The average molecular weight is 508 g/mol. The Balaban J connectivity index is 0.00000125. The first kappa shape index (κ1) is 27.5. The third-order valence-electron chi connectivity index (χ3n) is 6.72. The topological polar surface area (TPSA) is 13.0 Å². The van der Waals surface area contributed by atoms with Crippen molar-refractivity contribution in [2.75, 3.05) is 53.4 Å². The van der Waals surface area contributed by atoms with Gasteiger partial charge in [-0.25, -0.2) is 0 Å². The number of hydrogen-bond donors (Lipinski definition) is 0. The van der Waals surface area contributed by atoms with Crippen molar-refractivity contribution < 1.29 is 4.11 Å². The van der Waals surface area contributed by atoms with Crippen LogP contribution in [0.3, 0.4) is 0 Å². The van der Waals surface area contributed by atoms with Crippen LogP contribution in [-0.4, -0.2) is 79.0 Å². The lowest BCUT2D eigenvalue weighted by atomic mass is 10.1. The van der Waals surface area contributed by atoms with Gasteiger partial charge in [-0.15, -0.1) is 0 Å². The lowest BCUT2D eigenvalue weighted by Crippen LogP contribution is -2.49. The number of likely N-dealkylation sites (N-methyl/N-ethyl adjacent to an activating group) is 1. The maximum Gasteiger partial charge on any atom is 0.0354 e. The molecule has 1 fully saturated rings. The van der Waals surface area contributed by atoms with E-state index in [0.717, 1.165) is 58.9 Å². The molecule has 0 spiro atoms. The molecular formula is C33H52N4. The van der Waals surface area contributed by atoms with Crippen molar-refractivity contribution in [3.63, 3.8) is 0 Å². The maximum absolute atomic E-state index is 5.75. The molecule has 4 rings (SSSR count). The summed E-state index contributed by atoms with van der Waals surface area (Å²) in [5.74, 6) is 0. The van der Waals surface area contributed by atoms with Gasteiger partial charge in [0.05, 0.1) is 0 Å². The molecule has 0 aromatic heterocycles. The van der Waals surface area contributed by atoms with Gasteiger partial charge in [0.1, 0.15) is 0 Å². The van der Waals surface area contributed by atoms with Crippen molar-refractivity contribution in [3.05, 3.63) is 108 Å². The van der Waals surface area contributed by atoms with Crippen molar-refractivity contribution in [1.82, 2.24) is 19.6 Å². The predicted octanol–water partition coefficient (Wildman–Crippen LogP) is 6.35. The van der Waals surface area contributed by atoms with Crippen LogP contribution < -0.4 is 0 Å². The van der Waals surface area contributed by atoms with Crippen LogP contribution in [0.1, 0.15) is 43.0 Å². The Morgan fingerprint density at radius 1 is 0.622 bits per heavy atom. The van der Waals surface area contributed by atoms with Crippen molar-refractivity contribution in [2.45, 2.75) is 47.9 Å². The van der Waals surface area contributed by atoms with Crippen LogP contribution in [-0.2, 0) is 19.6 Å². The molecule has 1 aliphatic heterocycles. The van der Waals surface area contributed by atoms with Crippen LogP contribution in [0.25, 0.3) is 0 Å². The zero-order valence-electron chi connectivity index (χ0n) is 26.9. The molecule has 0 bridgehead atoms. The Morgan fingerprint density at radius 3 is 1.51 bits per heavy atom. The Hall–Kier alpha value is -2.50. The van der Waals surface area contributed by atoms with Crippen LogP contribution in [0.15, 0.2) is 91.0 Å². The summed E-state index contributed by atoms with van der Waals surface area (Å²) in [6.45, 7) is 9.51. The van der Waals surface area contributed by atoms with Gasteiger partial charge in [0, 0.05) is 69.1 Å². The number of rotatable bonds is 8. The highest BCUT2D eigenvalue weighted by Crippen LogP contribution is 2.16. The maximum atomic E-state index is 5.75. The Kier molecular flexibility index (Phi) is 12.7. The highest BCUT2D eigenvalue weighted by atomic mass is 15.3. The van der Waals surface area contributed by atoms with Gasteiger partial charge in [0.25, 0.3) is 0 Å². The van der Waals surface area contributed by atoms with Gasteiger partial charge < -0.3 is 4.90 Å². The van der Waals surface area contributed by atoms with Crippen LogP contribution in [0.5, 0.6) is 0 Å². The summed E-state index contributed by atoms with van der Waals surface area (Å²) >= 11 is 0. The van der Waals surface area contributed by atoms with Gasteiger partial charge in [0.15, 0.2) is 0 Å². The summed E-state index contributed by atoms with van der Waals surface area (Å²) in [6, 6.07) is 33.3. The van der Waals surface area contributed by atoms with Crippen molar-refractivity contribution in [1.29, 1.82) is 0 Å². The van der Waals surface area contributed by atoms with E-state index in [1.807, 2.05) is 0 Å². The molecule has 204 valence electrons. The molecule has 37 heavy (non-hydrogen) atoms. The summed E-state index contributed by atoms with van der Waals surface area (Å²) in [5.41, 5.74) is 4.19. The first-order valence-corrected chi connectivity index (χ1v) is 12.6. The van der Waals surface area contributed by atoms with E-state index in [2.05, 4.69) is 125 Å². The molecule has 0 aliphatic carbocycles. The molecule has 3 aromatic rings. The number of benzene rings is 3. The monoisotopic (exact) mass is 507 g/mol. The Labute approximate surface area is 232 Å². The molecule has 1 unspecified atom stereocenters. The Bertz CT molecular complexity index is 961. The molecule has 0 saturated carbocycles. The second-order valence-electron chi connectivity index (χ2n) is 9.85. The standard InChI is InChI=1S/C30H40N4.3CH4/c1-31(2)25-30-26-33(23-28-14-8-4-9-15-28)19-18-32(22-27-12-6-3-7-13-27)20-21-34(30)24-29-16-10-5-11-17-29;;;/h3-17,30H,18-26H2,1-2H3;3*1H4/i;3*1D. The van der Waals surface area contributed by atoms with E-state index in [1.54, 1.807) is 0 Å². The second-order valence-corrected chi connectivity index (χ2v) is 9.85. The van der Waals surface area contributed by atoms with E-state index in [4.69, 9.17) is 4.11 Å². The Morgan fingerprint density at radius 2 is 1.03 bits per heavy atom. The fourth-order valence-electron chi connectivity index (χ4n) is 4.96. The molecule has 1 aliphatic rings. The minimum Gasteiger partial charge on any atom is -0.308 e. The van der Waals surface area contributed by atoms with Crippen LogP contribution in [0.4, 0.5) is 0 Å². The minimum absolute atomic E-state index is 0.482. The highest BCUT2D eigenvalue weighted by Gasteiger charge is 2.25. The third-order valence-corrected chi connectivity index (χ3v) is 6.72. The third kappa shape index (κ3) is 10.8. The van der Waals surface area contributed by atoms with Gasteiger partial charge in [-0.2, -0.15) is 0 Å². The summed E-state index contributed by atoms with van der Waals surface area (Å²) < 4.78 is 17.2. The van der Waals surface area contributed by atoms with Gasteiger partial charge >= 0.3 is 0 Å². The molecule has 4 nitrogen and oxygen atoms in total. The molecule has 4 heteroatoms. The largest absolute Gasteiger partial charge is 0.308 e. The second kappa shape index (κ2) is 17.1. The molecule has 1 atom stereocenters. The summed E-state index contributed by atoms with van der Waals surface area (Å²) in [5, 5.41) is 0. The number of hydrogen-bond acceptors (Lipinski definition) is 4. The quantitative estimate of drug-likeness (QED) is 0.352. The zero-order chi connectivity index (χ0) is 29.6. The molecular weight excluding hydrogens is 452 g/mol. The van der Waals surface area contributed by atoms with E-state index >= 15 is 0 Å². The smallest absolute Gasteiger partial charge is 0.0354 e. The molecule has 0 radical (unpaired) electrons. The van der Waals surface area contributed by atoms with Gasteiger partial charge in [-0.05, 0) is 30.8 Å². The van der Waals surface area contributed by atoms with Gasteiger partial charge in [-0.3, -0.25) is 14.7 Å². The summed E-state index contributed by atoms with van der Waals surface area (Å²) in [7, 11) is 8.16. The van der Waals surface area contributed by atoms with E-state index in [-0.39, 0.29) is 0 Å². The lowest BCUT2D eigenvalue weighted by Gasteiger charge is -2.36. The average Bonchev–Trinajstić information content (AvgIpc) is 3.08. The lowest BCUT2D eigenvalue weighted by molar-refractivity contribution is 0.113.